The Morgan fingerprint density at radius 3 is 2.64 bits per heavy atom. The standard InChI is InChI=1S/C25H33N3O5/c1-16(21(23(29)31-5)28-24(30)33-25(2,3)4)15-32-20-13-17(14-20)8-10-19-11-9-18-7-6-12-26-22(18)27-19/h6-7,9,11-12,17,20H,8,10,13-15H2,1-5H3,(H,28,30)/b21-16-. The molecule has 0 saturated heterocycles. The molecule has 2 aromatic heterocycles. The number of alkyl carbamates (subject to hydrolysis) is 1. The summed E-state index contributed by atoms with van der Waals surface area (Å²) in [7, 11) is 1.27. The summed E-state index contributed by atoms with van der Waals surface area (Å²) in [5, 5.41) is 3.55. The molecule has 0 atom stereocenters. The first kappa shape index (κ1) is 24.6. The summed E-state index contributed by atoms with van der Waals surface area (Å²) in [6.07, 6.45) is 5.08. The Morgan fingerprint density at radius 2 is 1.94 bits per heavy atom. The summed E-state index contributed by atoms with van der Waals surface area (Å²) in [4.78, 5) is 33.2. The minimum absolute atomic E-state index is 0.0543. The molecule has 0 bridgehead atoms. The van der Waals surface area contributed by atoms with Crippen LogP contribution in [0.3, 0.4) is 0 Å². The molecule has 1 amide bonds. The number of ether oxygens (including phenoxy) is 3. The third-order valence-electron chi connectivity index (χ3n) is 5.50. The van der Waals surface area contributed by atoms with E-state index in [0.717, 1.165) is 42.4 Å². The number of amides is 1. The van der Waals surface area contributed by atoms with Gasteiger partial charge in [0.05, 0.1) is 19.8 Å². The lowest BCUT2D eigenvalue weighted by molar-refractivity contribution is -0.136. The molecule has 1 N–H and O–H groups in total. The molecule has 8 nitrogen and oxygen atoms in total. The Hall–Kier alpha value is -3.00. The van der Waals surface area contributed by atoms with Crippen molar-refractivity contribution in [3.05, 3.63) is 47.4 Å². The van der Waals surface area contributed by atoms with Crippen LogP contribution >= 0.6 is 0 Å². The summed E-state index contributed by atoms with van der Waals surface area (Å²) < 4.78 is 16.0. The molecular weight excluding hydrogens is 422 g/mol. The Kier molecular flexibility index (Phi) is 8.02. The van der Waals surface area contributed by atoms with Gasteiger partial charge in [0.25, 0.3) is 0 Å². The van der Waals surface area contributed by atoms with Crippen LogP contribution in [0.1, 0.15) is 52.7 Å². The van der Waals surface area contributed by atoms with Crippen LogP contribution in [0.25, 0.3) is 11.0 Å². The van der Waals surface area contributed by atoms with E-state index in [-0.39, 0.29) is 18.4 Å². The van der Waals surface area contributed by atoms with Crippen molar-refractivity contribution in [2.45, 2.75) is 65.1 Å². The number of nitrogens with zero attached hydrogens (tertiary/aromatic N) is 2. The van der Waals surface area contributed by atoms with Crippen molar-refractivity contribution >= 4 is 23.1 Å². The first-order chi connectivity index (χ1) is 15.6. The molecule has 1 aliphatic carbocycles. The van der Waals surface area contributed by atoms with E-state index in [4.69, 9.17) is 14.2 Å². The number of fused-ring (bicyclic) bond motifs is 1. The monoisotopic (exact) mass is 455 g/mol. The number of pyridine rings is 2. The Balaban J connectivity index is 1.45. The number of rotatable bonds is 8. The zero-order valence-electron chi connectivity index (χ0n) is 20.0. The number of aromatic nitrogens is 2. The Morgan fingerprint density at radius 1 is 1.18 bits per heavy atom. The van der Waals surface area contributed by atoms with Gasteiger partial charge in [-0.3, -0.25) is 5.32 Å². The smallest absolute Gasteiger partial charge is 0.412 e. The maximum atomic E-state index is 12.1. The number of methoxy groups -OCH3 is 1. The molecule has 33 heavy (non-hydrogen) atoms. The molecule has 2 aromatic rings. The first-order valence-corrected chi connectivity index (χ1v) is 11.2. The second kappa shape index (κ2) is 10.7. The van der Waals surface area contributed by atoms with Gasteiger partial charge in [-0.05, 0) is 89.1 Å². The predicted molar refractivity (Wildman–Crippen MR) is 124 cm³/mol. The molecule has 8 heteroatoms. The average molecular weight is 456 g/mol. The molecule has 1 fully saturated rings. The second-order valence-electron chi connectivity index (χ2n) is 9.44. The lowest BCUT2D eigenvalue weighted by Gasteiger charge is -2.35. The minimum atomic E-state index is -0.705. The molecule has 0 unspecified atom stereocenters. The van der Waals surface area contributed by atoms with Crippen molar-refractivity contribution in [2.24, 2.45) is 5.92 Å². The highest BCUT2D eigenvalue weighted by Gasteiger charge is 2.30. The number of esters is 1. The van der Waals surface area contributed by atoms with E-state index in [1.165, 1.54) is 7.11 Å². The zero-order chi connectivity index (χ0) is 24.0. The van der Waals surface area contributed by atoms with Crippen molar-refractivity contribution in [1.29, 1.82) is 0 Å². The number of hydrogen-bond acceptors (Lipinski definition) is 7. The van der Waals surface area contributed by atoms with Crippen LogP contribution in [0, 0.1) is 5.92 Å². The van der Waals surface area contributed by atoms with Gasteiger partial charge in [0.1, 0.15) is 11.3 Å². The number of aryl methyl sites for hydroxylation is 1. The van der Waals surface area contributed by atoms with E-state index >= 15 is 0 Å². The zero-order valence-corrected chi connectivity index (χ0v) is 20.0. The van der Waals surface area contributed by atoms with Crippen molar-refractivity contribution in [3.63, 3.8) is 0 Å². The fourth-order valence-electron chi connectivity index (χ4n) is 3.68. The van der Waals surface area contributed by atoms with Gasteiger partial charge in [0, 0.05) is 17.3 Å². The Bertz CT molecular complexity index is 1020. The van der Waals surface area contributed by atoms with Crippen molar-refractivity contribution in [2.75, 3.05) is 13.7 Å². The third kappa shape index (κ3) is 7.25. The molecule has 1 saturated carbocycles. The third-order valence-corrected chi connectivity index (χ3v) is 5.50. The van der Waals surface area contributed by atoms with E-state index in [2.05, 4.69) is 27.4 Å². The van der Waals surface area contributed by atoms with Gasteiger partial charge >= 0.3 is 12.1 Å². The number of carbonyl (C=O) groups is 2. The van der Waals surface area contributed by atoms with Gasteiger partial charge in [0.15, 0.2) is 5.65 Å². The molecular formula is C25H33N3O5. The van der Waals surface area contributed by atoms with Gasteiger partial charge in [0.2, 0.25) is 0 Å². The van der Waals surface area contributed by atoms with Gasteiger partial charge < -0.3 is 14.2 Å². The van der Waals surface area contributed by atoms with E-state index < -0.39 is 17.7 Å². The maximum absolute atomic E-state index is 12.1. The van der Waals surface area contributed by atoms with Crippen LogP contribution < -0.4 is 5.32 Å². The van der Waals surface area contributed by atoms with E-state index in [0.29, 0.717) is 11.5 Å². The van der Waals surface area contributed by atoms with Crippen molar-refractivity contribution < 1.29 is 23.8 Å². The van der Waals surface area contributed by atoms with Crippen LogP contribution in [-0.4, -0.2) is 47.5 Å². The number of carbonyl (C=O) groups excluding carboxylic acids is 2. The summed E-state index contributed by atoms with van der Waals surface area (Å²) in [6.45, 7) is 7.23. The normalized spacial score (nSPS) is 18.8. The van der Waals surface area contributed by atoms with Crippen LogP contribution in [0.15, 0.2) is 41.7 Å². The lowest BCUT2D eigenvalue weighted by atomic mass is 9.79. The predicted octanol–water partition coefficient (Wildman–Crippen LogP) is 4.33. The van der Waals surface area contributed by atoms with Crippen molar-refractivity contribution in [1.82, 2.24) is 15.3 Å². The van der Waals surface area contributed by atoms with E-state index in [9.17, 15) is 9.59 Å². The van der Waals surface area contributed by atoms with Gasteiger partial charge in [-0.25, -0.2) is 19.6 Å². The van der Waals surface area contributed by atoms with E-state index in [1.807, 2.05) is 12.1 Å². The number of hydrogen-bond donors (Lipinski definition) is 1. The van der Waals surface area contributed by atoms with Gasteiger partial charge in [-0.2, -0.15) is 0 Å². The fourth-order valence-corrected chi connectivity index (χ4v) is 3.68. The number of nitrogens with one attached hydrogen (secondary N) is 1. The molecule has 0 radical (unpaired) electrons. The SMILES string of the molecule is COC(=O)/C(NC(=O)OC(C)(C)C)=C(\C)COC1CC(CCc2ccc3cccnc3n2)C1. The molecule has 1 aliphatic rings. The summed E-state index contributed by atoms with van der Waals surface area (Å²) in [6, 6.07) is 8.06. The van der Waals surface area contributed by atoms with E-state index in [1.54, 1.807) is 33.9 Å². The second-order valence-corrected chi connectivity index (χ2v) is 9.44. The highest BCUT2D eigenvalue weighted by atomic mass is 16.6. The molecule has 0 aliphatic heterocycles. The van der Waals surface area contributed by atoms with Crippen molar-refractivity contribution in [3.8, 4) is 0 Å². The lowest BCUT2D eigenvalue weighted by Crippen LogP contribution is -2.36. The maximum Gasteiger partial charge on any atom is 0.412 e. The largest absolute Gasteiger partial charge is 0.464 e. The summed E-state index contributed by atoms with van der Waals surface area (Å²) in [5.41, 5.74) is 1.81. The highest BCUT2D eigenvalue weighted by Crippen LogP contribution is 2.34. The van der Waals surface area contributed by atoms with Crippen LogP contribution in [0.5, 0.6) is 0 Å². The van der Waals surface area contributed by atoms with Gasteiger partial charge in [-0.15, -0.1) is 0 Å². The topological polar surface area (TPSA) is 99.6 Å². The first-order valence-electron chi connectivity index (χ1n) is 11.2. The van der Waals surface area contributed by atoms with Crippen LogP contribution in [0.4, 0.5) is 4.79 Å². The fraction of sp³-hybridized carbons (Fsp3) is 0.520. The summed E-state index contributed by atoms with van der Waals surface area (Å²) in [5.74, 6) is -0.0497. The molecule has 2 heterocycles. The van der Waals surface area contributed by atoms with Crippen LogP contribution in [-0.2, 0) is 25.4 Å². The van der Waals surface area contributed by atoms with Crippen LogP contribution in [0.2, 0.25) is 0 Å². The molecule has 3 rings (SSSR count). The minimum Gasteiger partial charge on any atom is -0.464 e. The highest BCUT2D eigenvalue weighted by molar-refractivity contribution is 5.93. The Labute approximate surface area is 194 Å². The van der Waals surface area contributed by atoms with Gasteiger partial charge in [-0.1, -0.05) is 0 Å². The molecule has 178 valence electrons. The average Bonchev–Trinajstić information content (AvgIpc) is 2.74. The summed E-state index contributed by atoms with van der Waals surface area (Å²) >= 11 is 0. The molecule has 0 aromatic carbocycles. The quantitative estimate of drug-likeness (QED) is 0.467. The molecule has 0 spiro atoms.